The number of anilines is 1. The maximum Gasteiger partial charge on any atom is 0.257 e. The number of ether oxygens (including phenoxy) is 1. The van der Waals surface area contributed by atoms with Gasteiger partial charge in [-0.25, -0.2) is 9.37 Å². The molecule has 0 bridgehead atoms. The average Bonchev–Trinajstić information content (AvgIpc) is 3.66. The Morgan fingerprint density at radius 3 is 2.74 bits per heavy atom. The number of thiazole rings is 1. The lowest BCUT2D eigenvalue weighted by Gasteiger charge is -2.19. The summed E-state index contributed by atoms with van der Waals surface area (Å²) in [5, 5.41) is 13.1. The molecule has 9 heteroatoms. The van der Waals surface area contributed by atoms with Crippen LogP contribution in [0.3, 0.4) is 0 Å². The standard InChI is InChI=1S/C29H23ClFN3O3S/c1-29(2,15-32)20-5-3-4-19(27(20)30)28(36)33-17-8-10-21(31)24(12-17)37-18-9-11-22-25(13-18)38-26(34-22)14-23(35)16-6-7-16/h3-5,8-13,16H,6-7,14H2,1-2H3,(H,33,36). The molecule has 3 aromatic carbocycles. The van der Waals surface area contributed by atoms with Gasteiger partial charge in [0, 0.05) is 23.7 Å². The van der Waals surface area contributed by atoms with Crippen molar-refractivity contribution in [1.29, 1.82) is 5.26 Å². The summed E-state index contributed by atoms with van der Waals surface area (Å²) in [5.74, 6) is -0.356. The van der Waals surface area contributed by atoms with Crippen molar-refractivity contribution < 1.29 is 18.7 Å². The van der Waals surface area contributed by atoms with Gasteiger partial charge >= 0.3 is 0 Å². The van der Waals surface area contributed by atoms with Gasteiger partial charge in [0.25, 0.3) is 5.91 Å². The summed E-state index contributed by atoms with van der Waals surface area (Å²) in [7, 11) is 0. The fourth-order valence-electron chi connectivity index (χ4n) is 4.03. The highest BCUT2D eigenvalue weighted by molar-refractivity contribution is 7.18. The highest BCUT2D eigenvalue weighted by atomic mass is 35.5. The third-order valence-electron chi connectivity index (χ3n) is 6.38. The van der Waals surface area contributed by atoms with Crippen molar-refractivity contribution in [2.45, 2.75) is 38.5 Å². The third kappa shape index (κ3) is 5.40. The number of ketones is 1. The Hall–Kier alpha value is -3.80. The SMILES string of the molecule is CC(C)(C#N)c1cccc(C(=O)Nc2ccc(F)c(Oc3ccc4nc(CC(=O)C5CC5)sc4c3)c2)c1Cl. The Bertz CT molecular complexity index is 1620. The van der Waals surface area contributed by atoms with Crippen LogP contribution < -0.4 is 10.1 Å². The Balaban J connectivity index is 1.34. The van der Waals surface area contributed by atoms with E-state index in [2.05, 4.69) is 16.4 Å². The van der Waals surface area contributed by atoms with Crippen molar-refractivity contribution in [2.75, 3.05) is 5.32 Å². The molecule has 4 aromatic rings. The summed E-state index contributed by atoms with van der Waals surface area (Å²) in [4.78, 5) is 29.7. The molecule has 1 aliphatic rings. The van der Waals surface area contributed by atoms with Gasteiger partial charge in [0.15, 0.2) is 11.6 Å². The Kier molecular flexibility index (Phi) is 6.91. The number of carbonyl (C=O) groups excluding carboxylic acids is 2. The largest absolute Gasteiger partial charge is 0.454 e. The van der Waals surface area contributed by atoms with Crippen LogP contribution in [0.15, 0.2) is 54.6 Å². The van der Waals surface area contributed by atoms with E-state index in [0.29, 0.717) is 23.4 Å². The Labute approximate surface area is 228 Å². The monoisotopic (exact) mass is 547 g/mol. The first-order chi connectivity index (χ1) is 18.1. The molecule has 38 heavy (non-hydrogen) atoms. The topological polar surface area (TPSA) is 92.1 Å². The minimum absolute atomic E-state index is 0.0683. The maximum atomic E-state index is 14.6. The first kappa shape index (κ1) is 25.8. The van der Waals surface area contributed by atoms with Gasteiger partial charge in [0.05, 0.1) is 38.7 Å². The Morgan fingerprint density at radius 2 is 2.00 bits per heavy atom. The van der Waals surface area contributed by atoms with Crippen LogP contribution in [0.5, 0.6) is 11.5 Å². The summed E-state index contributed by atoms with van der Waals surface area (Å²) >= 11 is 7.89. The molecule has 6 nitrogen and oxygen atoms in total. The smallest absolute Gasteiger partial charge is 0.257 e. The van der Waals surface area contributed by atoms with Gasteiger partial charge in [-0.3, -0.25) is 9.59 Å². The molecule has 1 amide bonds. The number of carbonyl (C=O) groups is 2. The van der Waals surface area contributed by atoms with Crippen molar-refractivity contribution in [3.8, 4) is 17.6 Å². The normalized spacial score (nSPS) is 13.2. The fraction of sp³-hybridized carbons (Fsp3) is 0.241. The number of nitrogens with one attached hydrogen (secondary N) is 1. The van der Waals surface area contributed by atoms with E-state index in [9.17, 15) is 19.2 Å². The predicted octanol–water partition coefficient (Wildman–Crippen LogP) is 7.46. The van der Waals surface area contributed by atoms with Crippen LogP contribution in [0.4, 0.5) is 10.1 Å². The molecular weight excluding hydrogens is 525 g/mol. The molecule has 0 saturated heterocycles. The van der Waals surface area contributed by atoms with Crippen molar-refractivity contribution in [3.63, 3.8) is 0 Å². The first-order valence-corrected chi connectivity index (χ1v) is 13.3. The van der Waals surface area contributed by atoms with Crippen molar-refractivity contribution in [1.82, 2.24) is 4.98 Å². The second-order valence-corrected chi connectivity index (χ2v) is 11.3. The van der Waals surface area contributed by atoms with E-state index in [-0.39, 0.29) is 28.0 Å². The summed E-state index contributed by atoms with van der Waals surface area (Å²) in [6, 6.07) is 16.3. The molecule has 1 aromatic heterocycles. The number of hydrogen-bond acceptors (Lipinski definition) is 6. The molecule has 1 saturated carbocycles. The van der Waals surface area contributed by atoms with Gasteiger partial charge in [-0.2, -0.15) is 5.26 Å². The summed E-state index contributed by atoms with van der Waals surface area (Å²) < 4.78 is 21.3. The number of nitrogens with zero attached hydrogens (tertiary/aromatic N) is 2. The number of fused-ring (bicyclic) bond motifs is 1. The molecule has 1 heterocycles. The number of benzene rings is 3. The second-order valence-electron chi connectivity index (χ2n) is 9.76. The molecule has 1 aliphatic carbocycles. The first-order valence-electron chi connectivity index (χ1n) is 12.1. The van der Waals surface area contributed by atoms with E-state index < -0.39 is 17.1 Å². The highest BCUT2D eigenvalue weighted by Gasteiger charge is 2.30. The molecule has 0 aliphatic heterocycles. The summed E-state index contributed by atoms with van der Waals surface area (Å²) in [6.45, 7) is 3.44. The van der Waals surface area contributed by atoms with Crippen LogP contribution >= 0.6 is 22.9 Å². The molecule has 5 rings (SSSR count). The van der Waals surface area contributed by atoms with Crippen LogP contribution in [0.2, 0.25) is 5.02 Å². The number of amides is 1. The summed E-state index contributed by atoms with van der Waals surface area (Å²) in [5.41, 5.74) is 0.923. The van der Waals surface area contributed by atoms with E-state index in [4.69, 9.17) is 16.3 Å². The number of Topliss-reactive ketones (excluding diaryl/α,β-unsaturated/α-hetero) is 1. The minimum atomic E-state index is -0.878. The number of nitriles is 1. The van der Waals surface area contributed by atoms with Gasteiger partial charge < -0.3 is 10.1 Å². The van der Waals surface area contributed by atoms with Crippen molar-refractivity contribution >= 4 is 50.5 Å². The lowest BCUT2D eigenvalue weighted by molar-refractivity contribution is -0.119. The molecule has 0 radical (unpaired) electrons. The zero-order valence-corrected chi connectivity index (χ0v) is 22.3. The highest BCUT2D eigenvalue weighted by Crippen LogP contribution is 2.35. The zero-order chi connectivity index (χ0) is 27.0. The third-order valence-corrected chi connectivity index (χ3v) is 7.80. The van der Waals surface area contributed by atoms with E-state index in [1.165, 1.54) is 29.5 Å². The molecule has 0 spiro atoms. The van der Waals surface area contributed by atoms with E-state index in [1.54, 1.807) is 50.2 Å². The van der Waals surface area contributed by atoms with Crippen LogP contribution in [0.1, 0.15) is 47.6 Å². The molecule has 1 N–H and O–H groups in total. The molecule has 0 atom stereocenters. The van der Waals surface area contributed by atoms with E-state index in [1.807, 2.05) is 0 Å². The van der Waals surface area contributed by atoms with E-state index in [0.717, 1.165) is 28.1 Å². The van der Waals surface area contributed by atoms with Crippen molar-refractivity contribution in [2.24, 2.45) is 5.92 Å². The molecular formula is C29H23ClFN3O3S. The molecule has 192 valence electrons. The van der Waals surface area contributed by atoms with Gasteiger partial charge in [0.1, 0.15) is 16.5 Å². The average molecular weight is 548 g/mol. The fourth-order valence-corrected chi connectivity index (χ4v) is 5.48. The van der Waals surface area contributed by atoms with Crippen LogP contribution in [0.25, 0.3) is 10.2 Å². The van der Waals surface area contributed by atoms with Gasteiger partial charge in [0.2, 0.25) is 0 Å². The molecule has 1 fully saturated rings. The minimum Gasteiger partial charge on any atom is -0.454 e. The lowest BCUT2D eigenvalue weighted by atomic mass is 9.85. The second kappa shape index (κ2) is 10.2. The maximum absolute atomic E-state index is 14.6. The van der Waals surface area contributed by atoms with E-state index >= 15 is 0 Å². The molecule has 0 unspecified atom stereocenters. The lowest BCUT2D eigenvalue weighted by Crippen LogP contribution is -2.18. The summed E-state index contributed by atoms with van der Waals surface area (Å²) in [6.07, 6.45) is 2.26. The number of halogens is 2. The zero-order valence-electron chi connectivity index (χ0n) is 20.7. The van der Waals surface area contributed by atoms with Crippen LogP contribution in [-0.2, 0) is 16.6 Å². The Morgan fingerprint density at radius 1 is 1.21 bits per heavy atom. The van der Waals surface area contributed by atoms with Crippen molar-refractivity contribution in [3.05, 3.63) is 81.6 Å². The number of hydrogen-bond donors (Lipinski definition) is 1. The number of rotatable bonds is 8. The van der Waals surface area contributed by atoms with Gasteiger partial charge in [-0.05, 0) is 62.6 Å². The predicted molar refractivity (Wildman–Crippen MR) is 146 cm³/mol. The van der Waals surface area contributed by atoms with Crippen LogP contribution in [0, 0.1) is 23.1 Å². The van der Waals surface area contributed by atoms with Crippen LogP contribution in [-0.4, -0.2) is 16.7 Å². The quantitative estimate of drug-likeness (QED) is 0.247. The number of aromatic nitrogens is 1. The van der Waals surface area contributed by atoms with Gasteiger partial charge in [-0.1, -0.05) is 23.7 Å². The van der Waals surface area contributed by atoms with Gasteiger partial charge in [-0.15, -0.1) is 11.3 Å².